The number of para-hydroxylation sites is 1. The third-order valence-corrected chi connectivity index (χ3v) is 2.99. The molecule has 3 rings (SSSR count). The predicted octanol–water partition coefficient (Wildman–Crippen LogP) is 0.166. The summed E-state index contributed by atoms with van der Waals surface area (Å²) in [4.78, 5) is 35.1. The molecule has 6 nitrogen and oxygen atoms in total. The fourth-order valence-electron chi connectivity index (χ4n) is 2.15. The summed E-state index contributed by atoms with van der Waals surface area (Å²) in [7, 11) is 0. The van der Waals surface area contributed by atoms with Crippen molar-refractivity contribution in [1.29, 1.82) is 0 Å². The van der Waals surface area contributed by atoms with E-state index in [9.17, 15) is 14.4 Å². The Labute approximate surface area is 101 Å². The number of nitrogens with one attached hydrogen (secondary N) is 1. The molecule has 0 unspecified atom stereocenters. The van der Waals surface area contributed by atoms with Crippen molar-refractivity contribution in [3.05, 3.63) is 40.2 Å². The first kappa shape index (κ1) is 10.5. The number of carbonyl (C=O) groups excluding carboxylic acids is 2. The highest BCUT2D eigenvalue weighted by Crippen LogP contribution is 2.24. The van der Waals surface area contributed by atoms with Gasteiger partial charge in [0.05, 0.1) is 17.7 Å². The summed E-state index contributed by atoms with van der Waals surface area (Å²) in [6.45, 7) is 0.118. The Bertz CT molecular complexity index is 761. The zero-order valence-electron chi connectivity index (χ0n) is 9.27. The zero-order valence-corrected chi connectivity index (χ0v) is 9.27. The van der Waals surface area contributed by atoms with Gasteiger partial charge in [-0.15, -0.1) is 0 Å². The van der Waals surface area contributed by atoms with E-state index in [-0.39, 0.29) is 18.0 Å². The molecule has 1 amide bonds. The largest absolute Gasteiger partial charge is 0.374 e. The normalized spacial score (nSPS) is 13.4. The molecule has 1 aliphatic heterocycles. The van der Waals surface area contributed by atoms with Crippen molar-refractivity contribution in [1.82, 2.24) is 4.57 Å². The monoisotopic (exact) mass is 243 g/mol. The van der Waals surface area contributed by atoms with Crippen molar-refractivity contribution in [3.8, 4) is 0 Å². The minimum absolute atomic E-state index is 0.118. The molecule has 3 N–H and O–H groups in total. The van der Waals surface area contributed by atoms with Crippen molar-refractivity contribution in [3.63, 3.8) is 0 Å². The maximum atomic E-state index is 12.1. The number of amides is 1. The van der Waals surface area contributed by atoms with E-state index in [1.165, 1.54) is 10.8 Å². The molecule has 2 aromatic rings. The molecule has 0 saturated heterocycles. The van der Waals surface area contributed by atoms with Gasteiger partial charge in [-0.25, -0.2) is 0 Å². The molecule has 1 aromatic heterocycles. The Balaban J connectivity index is 2.56. The number of aromatic nitrogens is 1. The Hall–Kier alpha value is -2.63. The summed E-state index contributed by atoms with van der Waals surface area (Å²) in [5, 5.41) is 3.24. The number of carbonyl (C=O) groups is 2. The van der Waals surface area contributed by atoms with Gasteiger partial charge in [-0.2, -0.15) is 0 Å². The molecule has 0 saturated carbocycles. The van der Waals surface area contributed by atoms with Crippen LogP contribution >= 0.6 is 0 Å². The quantitative estimate of drug-likeness (QED) is 0.746. The second-order valence-electron chi connectivity index (χ2n) is 4.06. The highest BCUT2D eigenvalue weighted by atomic mass is 16.2. The minimum Gasteiger partial charge on any atom is -0.374 e. The van der Waals surface area contributed by atoms with E-state index < -0.39 is 11.3 Å². The van der Waals surface area contributed by atoms with E-state index in [0.29, 0.717) is 16.6 Å². The smallest absolute Gasteiger partial charge is 0.254 e. The average Bonchev–Trinajstić information content (AvgIpc) is 2.35. The molecular weight excluding hydrogens is 234 g/mol. The van der Waals surface area contributed by atoms with E-state index in [2.05, 4.69) is 5.32 Å². The van der Waals surface area contributed by atoms with Crippen LogP contribution in [0.25, 0.3) is 10.9 Å². The molecular formula is C12H9N3O3. The van der Waals surface area contributed by atoms with Gasteiger partial charge in [0.1, 0.15) is 5.56 Å². The van der Waals surface area contributed by atoms with Crippen LogP contribution in [0.4, 0.5) is 5.69 Å². The fourth-order valence-corrected chi connectivity index (χ4v) is 2.15. The highest BCUT2D eigenvalue weighted by molar-refractivity contribution is 6.06. The molecule has 6 heteroatoms. The molecule has 1 aromatic carbocycles. The summed E-state index contributed by atoms with van der Waals surface area (Å²) in [5.74, 6) is -1.07. The first-order valence-electron chi connectivity index (χ1n) is 5.35. The molecule has 0 spiro atoms. The van der Waals surface area contributed by atoms with Gasteiger partial charge in [-0.3, -0.25) is 19.0 Å². The van der Waals surface area contributed by atoms with E-state index in [4.69, 9.17) is 5.73 Å². The van der Waals surface area contributed by atoms with E-state index in [1.54, 1.807) is 18.2 Å². The number of rotatable bonds is 1. The van der Waals surface area contributed by atoms with Crippen LogP contribution in [0.3, 0.4) is 0 Å². The van der Waals surface area contributed by atoms with Gasteiger partial charge >= 0.3 is 0 Å². The SMILES string of the molecule is NC(=O)c1cn2c3c(cccc3c1=O)NCC2=O. The second-order valence-corrected chi connectivity index (χ2v) is 4.06. The van der Waals surface area contributed by atoms with Crippen LogP contribution in [0.15, 0.2) is 29.2 Å². The second kappa shape index (κ2) is 3.43. The van der Waals surface area contributed by atoms with Gasteiger partial charge in [-0.1, -0.05) is 6.07 Å². The number of pyridine rings is 1. The molecule has 18 heavy (non-hydrogen) atoms. The average molecular weight is 243 g/mol. The number of hydrogen-bond acceptors (Lipinski definition) is 4. The summed E-state index contributed by atoms with van der Waals surface area (Å²) >= 11 is 0. The molecule has 0 fully saturated rings. The summed E-state index contributed by atoms with van der Waals surface area (Å²) in [5.41, 5.74) is 5.71. The molecule has 2 heterocycles. The molecule has 1 aliphatic rings. The van der Waals surface area contributed by atoms with Crippen LogP contribution in [0, 0.1) is 0 Å². The fraction of sp³-hybridized carbons (Fsp3) is 0.0833. The summed E-state index contributed by atoms with van der Waals surface area (Å²) in [6.07, 6.45) is 1.22. The molecule has 0 atom stereocenters. The third kappa shape index (κ3) is 1.26. The van der Waals surface area contributed by atoms with E-state index >= 15 is 0 Å². The lowest BCUT2D eigenvalue weighted by molar-refractivity contribution is 0.0930. The lowest BCUT2D eigenvalue weighted by Gasteiger charge is -2.20. The lowest BCUT2D eigenvalue weighted by atomic mass is 10.1. The van der Waals surface area contributed by atoms with Crippen LogP contribution in [0.2, 0.25) is 0 Å². The Morgan fingerprint density at radius 2 is 2.11 bits per heavy atom. The third-order valence-electron chi connectivity index (χ3n) is 2.99. The van der Waals surface area contributed by atoms with Crippen molar-refractivity contribution in [2.24, 2.45) is 5.73 Å². The van der Waals surface area contributed by atoms with Gasteiger partial charge in [0, 0.05) is 11.6 Å². The Kier molecular flexibility index (Phi) is 2.00. The molecule has 0 bridgehead atoms. The van der Waals surface area contributed by atoms with E-state index in [0.717, 1.165) is 0 Å². The van der Waals surface area contributed by atoms with Crippen LogP contribution in [0.5, 0.6) is 0 Å². The van der Waals surface area contributed by atoms with Crippen LogP contribution in [-0.4, -0.2) is 22.9 Å². The predicted molar refractivity (Wildman–Crippen MR) is 65.8 cm³/mol. The van der Waals surface area contributed by atoms with Gasteiger partial charge in [0.2, 0.25) is 11.3 Å². The standard InChI is InChI=1S/C12H9N3O3/c13-12(18)7-5-15-9(16)4-14-8-3-1-2-6(10(8)15)11(7)17/h1-3,5,14H,4H2,(H2,13,18). The number of hydrogen-bond donors (Lipinski definition) is 2. The number of nitrogens with zero attached hydrogens (tertiary/aromatic N) is 1. The first-order chi connectivity index (χ1) is 8.59. The van der Waals surface area contributed by atoms with Crippen molar-refractivity contribution in [2.45, 2.75) is 0 Å². The lowest BCUT2D eigenvalue weighted by Crippen LogP contribution is -2.31. The van der Waals surface area contributed by atoms with Crippen molar-refractivity contribution < 1.29 is 9.59 Å². The first-order valence-corrected chi connectivity index (χ1v) is 5.35. The van der Waals surface area contributed by atoms with Gasteiger partial charge < -0.3 is 11.1 Å². The summed E-state index contributed by atoms with van der Waals surface area (Å²) in [6, 6.07) is 5.04. The molecule has 0 radical (unpaired) electrons. The topological polar surface area (TPSA) is 94.2 Å². The van der Waals surface area contributed by atoms with Crippen LogP contribution in [-0.2, 0) is 0 Å². The molecule has 0 aliphatic carbocycles. The van der Waals surface area contributed by atoms with Crippen molar-refractivity contribution in [2.75, 3.05) is 11.9 Å². The highest BCUT2D eigenvalue weighted by Gasteiger charge is 2.21. The zero-order chi connectivity index (χ0) is 12.9. The maximum absolute atomic E-state index is 12.1. The van der Waals surface area contributed by atoms with Gasteiger partial charge in [0.25, 0.3) is 5.91 Å². The Morgan fingerprint density at radius 1 is 1.33 bits per heavy atom. The summed E-state index contributed by atoms with van der Waals surface area (Å²) < 4.78 is 1.31. The minimum atomic E-state index is -0.831. The number of anilines is 1. The maximum Gasteiger partial charge on any atom is 0.254 e. The van der Waals surface area contributed by atoms with E-state index in [1.807, 2.05) is 0 Å². The van der Waals surface area contributed by atoms with Crippen LogP contribution < -0.4 is 16.5 Å². The van der Waals surface area contributed by atoms with Gasteiger partial charge in [-0.05, 0) is 12.1 Å². The number of primary amides is 1. The Morgan fingerprint density at radius 3 is 2.83 bits per heavy atom. The van der Waals surface area contributed by atoms with Gasteiger partial charge in [0.15, 0.2) is 0 Å². The number of benzene rings is 1. The number of nitrogens with two attached hydrogens (primary N) is 1. The van der Waals surface area contributed by atoms with Crippen LogP contribution in [0.1, 0.15) is 15.2 Å². The molecule has 90 valence electrons. The van der Waals surface area contributed by atoms with Crippen molar-refractivity contribution >= 4 is 28.4 Å².